The first-order valence-electron chi connectivity index (χ1n) is 6.18. The summed E-state index contributed by atoms with van der Waals surface area (Å²) in [6.07, 6.45) is -2.53. The molecule has 0 bridgehead atoms. The van der Waals surface area contributed by atoms with Gasteiger partial charge in [-0.1, -0.05) is 12.1 Å². The Balaban J connectivity index is 2.65. The summed E-state index contributed by atoms with van der Waals surface area (Å²) >= 11 is 0. The van der Waals surface area contributed by atoms with Gasteiger partial charge in [0.25, 0.3) is 6.43 Å². The summed E-state index contributed by atoms with van der Waals surface area (Å²) < 4.78 is 34.0. The average molecular weight is 287 g/mol. The maximum atomic E-state index is 12.0. The molecule has 1 rings (SSSR count). The van der Waals surface area contributed by atoms with E-state index in [1.807, 2.05) is 0 Å². The standard InChI is InChI=1S/C14H19F2NO3/c1-14(2,3)20-13(18)12(17)9-4-6-10(7-5-9)19-8-11(15)16/h4-7,11-12H,8,17H2,1-3H3. The molecule has 0 radical (unpaired) electrons. The summed E-state index contributed by atoms with van der Waals surface area (Å²) in [5.41, 5.74) is 5.70. The number of carbonyl (C=O) groups is 1. The second kappa shape index (κ2) is 6.65. The van der Waals surface area contributed by atoms with Gasteiger partial charge in [-0.15, -0.1) is 0 Å². The Morgan fingerprint density at radius 3 is 2.25 bits per heavy atom. The minimum absolute atomic E-state index is 0.297. The van der Waals surface area contributed by atoms with Crippen molar-refractivity contribution in [3.8, 4) is 5.75 Å². The van der Waals surface area contributed by atoms with Gasteiger partial charge >= 0.3 is 5.97 Å². The average Bonchev–Trinajstić information content (AvgIpc) is 2.34. The van der Waals surface area contributed by atoms with E-state index in [1.54, 1.807) is 32.9 Å². The number of hydrogen-bond donors (Lipinski definition) is 1. The van der Waals surface area contributed by atoms with Crippen LogP contribution in [0.4, 0.5) is 8.78 Å². The van der Waals surface area contributed by atoms with E-state index in [2.05, 4.69) is 0 Å². The zero-order valence-corrected chi connectivity index (χ0v) is 11.7. The number of hydrogen-bond acceptors (Lipinski definition) is 4. The van der Waals surface area contributed by atoms with Crippen LogP contribution in [0.15, 0.2) is 24.3 Å². The first-order valence-corrected chi connectivity index (χ1v) is 6.18. The smallest absolute Gasteiger partial charge is 0.328 e. The Morgan fingerprint density at radius 2 is 1.80 bits per heavy atom. The summed E-state index contributed by atoms with van der Waals surface area (Å²) in [4.78, 5) is 11.8. The Hall–Kier alpha value is -1.69. The fourth-order valence-corrected chi connectivity index (χ4v) is 1.43. The van der Waals surface area contributed by atoms with Crippen molar-refractivity contribution in [2.45, 2.75) is 38.8 Å². The number of alkyl halides is 2. The lowest BCUT2D eigenvalue weighted by Gasteiger charge is -2.22. The Labute approximate surface area is 116 Å². The molecule has 0 aliphatic rings. The van der Waals surface area contributed by atoms with Crippen LogP contribution in [0.25, 0.3) is 0 Å². The second-order valence-electron chi connectivity index (χ2n) is 5.28. The Morgan fingerprint density at radius 1 is 1.25 bits per heavy atom. The van der Waals surface area contributed by atoms with Gasteiger partial charge in [0.1, 0.15) is 24.0 Å². The topological polar surface area (TPSA) is 61.5 Å². The molecular weight excluding hydrogens is 268 g/mol. The van der Waals surface area contributed by atoms with E-state index < -0.39 is 30.6 Å². The number of carbonyl (C=O) groups excluding carboxylic acids is 1. The maximum Gasteiger partial charge on any atom is 0.328 e. The van der Waals surface area contributed by atoms with E-state index in [1.165, 1.54) is 12.1 Å². The van der Waals surface area contributed by atoms with Gasteiger partial charge < -0.3 is 15.2 Å². The number of ether oxygens (including phenoxy) is 2. The van der Waals surface area contributed by atoms with Gasteiger partial charge in [-0.25, -0.2) is 13.6 Å². The summed E-state index contributed by atoms with van der Waals surface area (Å²) in [6.45, 7) is 4.58. The maximum absolute atomic E-state index is 12.0. The molecule has 2 N–H and O–H groups in total. The van der Waals surface area contributed by atoms with Crippen LogP contribution in [0, 0.1) is 0 Å². The fraction of sp³-hybridized carbons (Fsp3) is 0.500. The van der Waals surface area contributed by atoms with Crippen molar-refractivity contribution in [2.24, 2.45) is 5.73 Å². The third-order valence-corrected chi connectivity index (χ3v) is 2.28. The molecule has 0 aromatic heterocycles. The molecule has 1 atom stereocenters. The summed E-state index contributed by atoms with van der Waals surface area (Å²) in [7, 11) is 0. The molecule has 0 aliphatic carbocycles. The van der Waals surface area contributed by atoms with Crippen molar-refractivity contribution in [2.75, 3.05) is 6.61 Å². The van der Waals surface area contributed by atoms with Crippen molar-refractivity contribution < 1.29 is 23.0 Å². The van der Waals surface area contributed by atoms with Crippen LogP contribution in [0.5, 0.6) is 5.75 Å². The largest absolute Gasteiger partial charge is 0.488 e. The monoisotopic (exact) mass is 287 g/mol. The van der Waals surface area contributed by atoms with Crippen LogP contribution in [-0.4, -0.2) is 24.6 Å². The molecule has 0 amide bonds. The number of esters is 1. The zero-order chi connectivity index (χ0) is 15.3. The highest BCUT2D eigenvalue weighted by Gasteiger charge is 2.23. The van der Waals surface area contributed by atoms with Crippen molar-refractivity contribution in [1.82, 2.24) is 0 Å². The third-order valence-electron chi connectivity index (χ3n) is 2.28. The fourth-order valence-electron chi connectivity index (χ4n) is 1.43. The number of nitrogens with two attached hydrogens (primary N) is 1. The molecule has 112 valence electrons. The summed E-state index contributed by atoms with van der Waals surface area (Å²) in [5.74, 6) is -0.246. The molecule has 4 nitrogen and oxygen atoms in total. The van der Waals surface area contributed by atoms with E-state index in [9.17, 15) is 13.6 Å². The predicted octanol–water partition coefficient (Wildman–Crippen LogP) is 2.67. The van der Waals surface area contributed by atoms with Gasteiger partial charge in [-0.3, -0.25) is 0 Å². The number of halogens is 2. The van der Waals surface area contributed by atoms with Crippen LogP contribution in [0.2, 0.25) is 0 Å². The molecule has 0 saturated carbocycles. The van der Waals surface area contributed by atoms with Gasteiger partial charge in [0.15, 0.2) is 0 Å². The first-order chi connectivity index (χ1) is 9.19. The minimum atomic E-state index is -2.53. The molecule has 0 saturated heterocycles. The molecular formula is C14H19F2NO3. The molecule has 20 heavy (non-hydrogen) atoms. The highest BCUT2D eigenvalue weighted by atomic mass is 19.3. The van der Waals surface area contributed by atoms with Crippen LogP contribution < -0.4 is 10.5 Å². The van der Waals surface area contributed by atoms with E-state index in [4.69, 9.17) is 15.2 Å². The lowest BCUT2D eigenvalue weighted by Crippen LogP contribution is -2.31. The Bertz CT molecular complexity index is 441. The van der Waals surface area contributed by atoms with E-state index in [0.717, 1.165) is 0 Å². The Kier molecular flexibility index (Phi) is 5.44. The minimum Gasteiger partial charge on any atom is -0.488 e. The normalized spacial score (nSPS) is 13.2. The molecule has 1 unspecified atom stereocenters. The van der Waals surface area contributed by atoms with Crippen LogP contribution in [0.3, 0.4) is 0 Å². The van der Waals surface area contributed by atoms with Gasteiger partial charge in [0.2, 0.25) is 0 Å². The van der Waals surface area contributed by atoms with Crippen molar-refractivity contribution in [1.29, 1.82) is 0 Å². The molecule has 0 fully saturated rings. The molecule has 0 aliphatic heterocycles. The molecule has 6 heteroatoms. The van der Waals surface area contributed by atoms with E-state index in [0.29, 0.717) is 11.3 Å². The van der Waals surface area contributed by atoms with Gasteiger partial charge in [0.05, 0.1) is 0 Å². The number of rotatable bonds is 5. The SMILES string of the molecule is CC(C)(C)OC(=O)C(N)c1ccc(OCC(F)F)cc1. The van der Waals surface area contributed by atoms with Gasteiger partial charge in [-0.05, 0) is 38.5 Å². The van der Waals surface area contributed by atoms with Gasteiger partial charge in [0, 0.05) is 0 Å². The van der Waals surface area contributed by atoms with Crippen LogP contribution in [0.1, 0.15) is 32.4 Å². The van der Waals surface area contributed by atoms with Crippen molar-refractivity contribution in [3.63, 3.8) is 0 Å². The third kappa shape index (κ3) is 5.52. The second-order valence-corrected chi connectivity index (χ2v) is 5.28. The summed E-state index contributed by atoms with van der Waals surface area (Å²) in [6, 6.07) is 5.16. The van der Waals surface area contributed by atoms with Gasteiger partial charge in [-0.2, -0.15) is 0 Å². The quantitative estimate of drug-likeness (QED) is 0.846. The lowest BCUT2D eigenvalue weighted by molar-refractivity contribution is -0.156. The molecule has 1 aromatic rings. The zero-order valence-electron chi connectivity index (χ0n) is 11.7. The van der Waals surface area contributed by atoms with E-state index >= 15 is 0 Å². The summed E-state index contributed by atoms with van der Waals surface area (Å²) in [5, 5.41) is 0. The highest BCUT2D eigenvalue weighted by Crippen LogP contribution is 2.20. The van der Waals surface area contributed by atoms with Crippen LogP contribution >= 0.6 is 0 Å². The predicted molar refractivity (Wildman–Crippen MR) is 70.7 cm³/mol. The van der Waals surface area contributed by atoms with Crippen molar-refractivity contribution >= 4 is 5.97 Å². The lowest BCUT2D eigenvalue weighted by atomic mass is 10.1. The molecule has 0 spiro atoms. The number of benzene rings is 1. The first kappa shape index (κ1) is 16.4. The van der Waals surface area contributed by atoms with Crippen molar-refractivity contribution in [3.05, 3.63) is 29.8 Å². The van der Waals surface area contributed by atoms with Crippen LogP contribution in [-0.2, 0) is 9.53 Å². The highest BCUT2D eigenvalue weighted by molar-refractivity contribution is 5.77. The molecule has 0 heterocycles. The van der Waals surface area contributed by atoms with E-state index in [-0.39, 0.29) is 0 Å². The molecule has 1 aromatic carbocycles.